The van der Waals surface area contributed by atoms with Gasteiger partial charge in [0.25, 0.3) is 0 Å². The van der Waals surface area contributed by atoms with Crippen LogP contribution in [0.4, 0.5) is 10.8 Å². The lowest BCUT2D eigenvalue weighted by molar-refractivity contribution is -0.124. The average Bonchev–Trinajstić information content (AvgIpc) is 3.11. The number of amides is 2. The number of hydrogen-bond donors (Lipinski definition) is 2. The van der Waals surface area contributed by atoms with E-state index in [2.05, 4.69) is 15.6 Å². The van der Waals surface area contributed by atoms with Crippen LogP contribution in [-0.2, 0) is 15.0 Å². The molecular weight excluding hydrogens is 406 g/mol. The minimum Gasteiger partial charge on any atom is -0.326 e. The van der Waals surface area contributed by atoms with Gasteiger partial charge in [-0.1, -0.05) is 42.3 Å². The van der Waals surface area contributed by atoms with Gasteiger partial charge < -0.3 is 10.6 Å². The lowest BCUT2D eigenvalue weighted by Crippen LogP contribution is -2.45. The molecule has 0 unspecified atom stereocenters. The number of carbonyl (C=O) groups excluding carboxylic acids is 2. The predicted octanol–water partition coefficient (Wildman–Crippen LogP) is 5.48. The van der Waals surface area contributed by atoms with Gasteiger partial charge in [-0.25, -0.2) is 4.98 Å². The van der Waals surface area contributed by atoms with Gasteiger partial charge in [0.1, 0.15) is 0 Å². The number of anilines is 2. The third-order valence-electron chi connectivity index (χ3n) is 5.26. The molecule has 3 aromatic rings. The first-order valence-corrected chi connectivity index (χ1v) is 10.6. The molecule has 2 amide bonds. The molecule has 1 aliphatic rings. The van der Waals surface area contributed by atoms with Crippen LogP contribution >= 0.6 is 22.9 Å². The Hall–Kier alpha value is -2.70. The standard InChI is InChI=1S/C22H20ClN3O2S/c1-14(27)24-18-9-3-15(4-10-18)19-13-29-21(25-19)26-20(28)22(11-2-12-22)16-5-7-17(23)8-6-16/h3-10,13H,2,11-12H2,1H3,(H,24,27)(H,25,26,28). The van der Waals surface area contributed by atoms with Crippen LogP contribution in [0.25, 0.3) is 11.3 Å². The molecule has 1 aliphatic carbocycles. The van der Waals surface area contributed by atoms with E-state index in [1.807, 2.05) is 53.9 Å². The molecule has 0 radical (unpaired) electrons. The van der Waals surface area contributed by atoms with E-state index in [4.69, 9.17) is 11.6 Å². The maximum atomic E-state index is 13.1. The first kappa shape index (κ1) is 19.6. The van der Waals surface area contributed by atoms with Crippen LogP contribution in [0, 0.1) is 0 Å². The highest BCUT2D eigenvalue weighted by Gasteiger charge is 2.45. The average molecular weight is 426 g/mol. The zero-order valence-corrected chi connectivity index (χ0v) is 17.4. The Balaban J connectivity index is 1.49. The van der Waals surface area contributed by atoms with E-state index >= 15 is 0 Å². The van der Waals surface area contributed by atoms with E-state index < -0.39 is 5.41 Å². The highest BCUT2D eigenvalue weighted by Crippen LogP contribution is 2.45. The second-order valence-electron chi connectivity index (χ2n) is 7.19. The molecule has 0 atom stereocenters. The van der Waals surface area contributed by atoms with E-state index in [1.54, 1.807) is 0 Å². The van der Waals surface area contributed by atoms with Crippen LogP contribution in [0.1, 0.15) is 31.7 Å². The van der Waals surface area contributed by atoms with Crippen molar-refractivity contribution in [2.45, 2.75) is 31.6 Å². The number of rotatable bonds is 5. The molecule has 1 aromatic heterocycles. The van der Waals surface area contributed by atoms with Crippen molar-refractivity contribution in [1.82, 2.24) is 4.98 Å². The van der Waals surface area contributed by atoms with Gasteiger partial charge in [-0.15, -0.1) is 11.3 Å². The first-order valence-electron chi connectivity index (χ1n) is 9.37. The van der Waals surface area contributed by atoms with Gasteiger partial charge >= 0.3 is 0 Å². The Morgan fingerprint density at radius 1 is 1.03 bits per heavy atom. The quantitative estimate of drug-likeness (QED) is 0.568. The Kier molecular flexibility index (Phi) is 5.39. The highest BCUT2D eigenvalue weighted by atomic mass is 35.5. The van der Waals surface area contributed by atoms with Crippen molar-refractivity contribution >= 4 is 45.6 Å². The molecule has 1 saturated carbocycles. The van der Waals surface area contributed by atoms with Crippen molar-refractivity contribution in [1.29, 1.82) is 0 Å². The Morgan fingerprint density at radius 2 is 1.72 bits per heavy atom. The topological polar surface area (TPSA) is 71.1 Å². The summed E-state index contributed by atoms with van der Waals surface area (Å²) < 4.78 is 0. The minimum absolute atomic E-state index is 0.0204. The molecule has 29 heavy (non-hydrogen) atoms. The third kappa shape index (κ3) is 4.04. The number of aromatic nitrogens is 1. The Labute approximate surface area is 178 Å². The normalized spacial score (nSPS) is 14.7. The lowest BCUT2D eigenvalue weighted by Gasteiger charge is -2.40. The van der Waals surface area contributed by atoms with Crippen molar-refractivity contribution in [3.05, 3.63) is 64.5 Å². The van der Waals surface area contributed by atoms with Crippen molar-refractivity contribution in [2.24, 2.45) is 0 Å². The number of halogens is 1. The van der Waals surface area contributed by atoms with E-state index in [1.165, 1.54) is 18.3 Å². The summed E-state index contributed by atoms with van der Waals surface area (Å²) in [5.41, 5.74) is 2.94. The smallest absolute Gasteiger partial charge is 0.236 e. The SMILES string of the molecule is CC(=O)Nc1ccc(-c2csc(NC(=O)C3(c4ccc(Cl)cc4)CCC3)n2)cc1. The molecule has 0 saturated heterocycles. The maximum absolute atomic E-state index is 13.1. The van der Waals surface area contributed by atoms with Gasteiger partial charge in [-0.05, 0) is 42.7 Å². The summed E-state index contributed by atoms with van der Waals surface area (Å²) in [6.07, 6.45) is 2.67. The second-order valence-corrected chi connectivity index (χ2v) is 8.49. The Bertz CT molecular complexity index is 1040. The summed E-state index contributed by atoms with van der Waals surface area (Å²) in [7, 11) is 0. The van der Waals surface area contributed by atoms with Gasteiger partial charge in [-0.3, -0.25) is 9.59 Å². The van der Waals surface area contributed by atoms with Crippen molar-refractivity contribution in [2.75, 3.05) is 10.6 Å². The summed E-state index contributed by atoms with van der Waals surface area (Å²) in [6, 6.07) is 15.0. The second kappa shape index (κ2) is 7.97. The number of hydrogen-bond acceptors (Lipinski definition) is 4. The largest absolute Gasteiger partial charge is 0.326 e. The number of benzene rings is 2. The predicted molar refractivity (Wildman–Crippen MR) is 117 cm³/mol. The maximum Gasteiger partial charge on any atom is 0.236 e. The summed E-state index contributed by atoms with van der Waals surface area (Å²) in [5, 5.41) is 8.90. The molecular formula is C22H20ClN3O2S. The van der Waals surface area contributed by atoms with Crippen LogP contribution in [0.15, 0.2) is 53.9 Å². The number of carbonyl (C=O) groups is 2. The van der Waals surface area contributed by atoms with Crippen LogP contribution in [-0.4, -0.2) is 16.8 Å². The molecule has 1 fully saturated rings. The molecule has 0 bridgehead atoms. The molecule has 2 aromatic carbocycles. The molecule has 2 N–H and O–H groups in total. The minimum atomic E-state index is -0.504. The summed E-state index contributed by atoms with van der Waals surface area (Å²) in [5.74, 6) is -0.130. The molecule has 5 nitrogen and oxygen atoms in total. The van der Waals surface area contributed by atoms with E-state index in [9.17, 15) is 9.59 Å². The number of nitrogens with zero attached hydrogens (tertiary/aromatic N) is 1. The first-order chi connectivity index (χ1) is 14.0. The molecule has 1 heterocycles. The zero-order valence-electron chi connectivity index (χ0n) is 15.9. The lowest BCUT2D eigenvalue weighted by atomic mass is 9.64. The molecule has 7 heteroatoms. The summed E-state index contributed by atoms with van der Waals surface area (Å²) >= 11 is 7.40. The van der Waals surface area contributed by atoms with Crippen LogP contribution in [0.3, 0.4) is 0 Å². The van der Waals surface area contributed by atoms with Crippen molar-refractivity contribution < 1.29 is 9.59 Å². The van der Waals surface area contributed by atoms with E-state index in [-0.39, 0.29) is 11.8 Å². The molecule has 0 aliphatic heterocycles. The summed E-state index contributed by atoms with van der Waals surface area (Å²) in [6.45, 7) is 1.47. The van der Waals surface area contributed by atoms with Gasteiger partial charge in [-0.2, -0.15) is 0 Å². The van der Waals surface area contributed by atoms with E-state index in [0.29, 0.717) is 10.2 Å². The molecule has 0 spiro atoms. The fraction of sp³-hybridized carbons (Fsp3) is 0.227. The van der Waals surface area contributed by atoms with Gasteiger partial charge in [0.2, 0.25) is 11.8 Å². The van der Waals surface area contributed by atoms with E-state index in [0.717, 1.165) is 41.8 Å². The van der Waals surface area contributed by atoms with Crippen LogP contribution in [0.5, 0.6) is 0 Å². The van der Waals surface area contributed by atoms with Gasteiger partial charge in [0.15, 0.2) is 5.13 Å². The fourth-order valence-electron chi connectivity index (χ4n) is 3.55. The van der Waals surface area contributed by atoms with Crippen LogP contribution in [0.2, 0.25) is 5.02 Å². The fourth-order valence-corrected chi connectivity index (χ4v) is 4.39. The van der Waals surface area contributed by atoms with Gasteiger partial charge in [0.05, 0.1) is 11.1 Å². The number of nitrogens with one attached hydrogen (secondary N) is 2. The van der Waals surface area contributed by atoms with Crippen molar-refractivity contribution in [3.8, 4) is 11.3 Å². The number of thiazole rings is 1. The van der Waals surface area contributed by atoms with Crippen LogP contribution < -0.4 is 10.6 Å². The Morgan fingerprint density at radius 3 is 2.31 bits per heavy atom. The third-order valence-corrected chi connectivity index (χ3v) is 6.27. The monoisotopic (exact) mass is 425 g/mol. The van der Waals surface area contributed by atoms with Gasteiger partial charge in [0, 0.05) is 28.6 Å². The molecule has 148 valence electrons. The zero-order chi connectivity index (χ0) is 20.4. The van der Waals surface area contributed by atoms with Crippen molar-refractivity contribution in [3.63, 3.8) is 0 Å². The summed E-state index contributed by atoms with van der Waals surface area (Å²) in [4.78, 5) is 28.8. The highest BCUT2D eigenvalue weighted by molar-refractivity contribution is 7.14. The molecule has 4 rings (SSSR count).